The summed E-state index contributed by atoms with van der Waals surface area (Å²) >= 11 is 6.07. The van der Waals surface area contributed by atoms with E-state index in [0.717, 1.165) is 62.9 Å². The van der Waals surface area contributed by atoms with E-state index in [0.29, 0.717) is 17.0 Å². The number of hydrogen-bond acceptors (Lipinski definition) is 4. The first kappa shape index (κ1) is 23.4. The normalized spacial score (nSPS) is 25.3. The molecule has 0 bridgehead atoms. The molecule has 3 atom stereocenters. The smallest absolute Gasteiger partial charge is 0.405 e. The molecule has 1 saturated heterocycles. The minimum Gasteiger partial charge on any atom is -0.465 e. The minimum absolute atomic E-state index is 0.0592. The third-order valence-corrected chi connectivity index (χ3v) is 7.29. The molecule has 3 N–H and O–H groups in total. The lowest BCUT2D eigenvalue weighted by Crippen LogP contribution is -2.66. The highest BCUT2D eigenvalue weighted by atomic mass is 35.5. The van der Waals surface area contributed by atoms with Crippen LogP contribution in [-0.4, -0.2) is 41.9 Å². The third kappa shape index (κ3) is 5.79. The Bertz CT molecular complexity index is 989. The van der Waals surface area contributed by atoms with E-state index in [2.05, 4.69) is 21.6 Å². The zero-order valence-electron chi connectivity index (χ0n) is 18.8. The quantitative estimate of drug-likeness (QED) is 0.559. The van der Waals surface area contributed by atoms with Crippen LogP contribution in [0.2, 0.25) is 5.02 Å². The molecule has 1 heterocycles. The minimum atomic E-state index is -0.972. The van der Waals surface area contributed by atoms with Crippen LogP contribution in [0.1, 0.15) is 49.7 Å². The van der Waals surface area contributed by atoms with Crippen molar-refractivity contribution in [3.05, 3.63) is 64.7 Å². The summed E-state index contributed by atoms with van der Waals surface area (Å²) in [6.45, 7) is 1.85. The van der Waals surface area contributed by atoms with Crippen LogP contribution >= 0.6 is 11.6 Å². The Balaban J connectivity index is 1.51. The molecule has 1 aliphatic heterocycles. The highest BCUT2D eigenvalue weighted by Gasteiger charge is 2.43. The topological polar surface area (TPSA) is 88.4 Å². The second-order valence-electron chi connectivity index (χ2n) is 9.30. The number of piperidine rings is 1. The van der Waals surface area contributed by atoms with Gasteiger partial charge in [0.15, 0.2) is 0 Å². The van der Waals surface area contributed by atoms with E-state index in [9.17, 15) is 9.90 Å². The lowest BCUT2D eigenvalue weighted by molar-refractivity contribution is 0.130. The maximum atomic E-state index is 11.9. The highest BCUT2D eigenvalue weighted by molar-refractivity contribution is 6.30. The molecular weight excluding hydrogens is 436 g/mol. The van der Waals surface area contributed by atoms with Crippen LogP contribution in [0.5, 0.6) is 0 Å². The van der Waals surface area contributed by atoms with E-state index in [-0.39, 0.29) is 12.1 Å². The van der Waals surface area contributed by atoms with Crippen molar-refractivity contribution in [2.45, 2.75) is 62.6 Å². The number of hydrogen-bond donors (Lipinski definition) is 3. The number of nitrogens with one attached hydrogen (secondary N) is 2. The number of carbonyl (C=O) groups is 1. The van der Waals surface area contributed by atoms with E-state index in [4.69, 9.17) is 16.9 Å². The Kier molecular flexibility index (Phi) is 7.42. The fourth-order valence-corrected chi connectivity index (χ4v) is 5.57. The van der Waals surface area contributed by atoms with Crippen LogP contribution in [0.4, 0.5) is 10.5 Å². The maximum absolute atomic E-state index is 11.9. The molecule has 1 amide bonds. The monoisotopic (exact) mass is 466 g/mol. The summed E-state index contributed by atoms with van der Waals surface area (Å²) in [4.78, 5) is 14.2. The molecule has 2 aromatic rings. The van der Waals surface area contributed by atoms with Crippen molar-refractivity contribution in [2.75, 3.05) is 18.0 Å². The molecule has 1 saturated carbocycles. The second-order valence-corrected chi connectivity index (χ2v) is 9.73. The van der Waals surface area contributed by atoms with E-state index in [1.807, 2.05) is 48.5 Å². The number of nitriles is 1. The molecule has 2 aromatic carbocycles. The molecule has 2 aliphatic rings. The third-order valence-electron chi connectivity index (χ3n) is 7.04. The van der Waals surface area contributed by atoms with Gasteiger partial charge in [-0.2, -0.15) is 5.26 Å². The Morgan fingerprint density at radius 2 is 1.88 bits per heavy atom. The average Bonchev–Trinajstić information content (AvgIpc) is 2.82. The Morgan fingerprint density at radius 1 is 1.12 bits per heavy atom. The predicted octanol–water partition coefficient (Wildman–Crippen LogP) is 4.96. The number of benzene rings is 2. The van der Waals surface area contributed by atoms with Gasteiger partial charge >= 0.3 is 6.09 Å². The van der Waals surface area contributed by atoms with Gasteiger partial charge in [-0.25, -0.2) is 4.79 Å². The molecule has 0 radical (unpaired) electrons. The molecule has 33 heavy (non-hydrogen) atoms. The van der Waals surface area contributed by atoms with Gasteiger partial charge in [-0.3, -0.25) is 0 Å². The molecular formula is C26H31ClN4O2. The van der Waals surface area contributed by atoms with Crippen LogP contribution in [0.15, 0.2) is 48.5 Å². The number of halogens is 1. The molecule has 4 rings (SSSR count). The Labute approximate surface area is 200 Å². The van der Waals surface area contributed by atoms with Gasteiger partial charge in [0.25, 0.3) is 0 Å². The molecule has 3 unspecified atom stereocenters. The van der Waals surface area contributed by atoms with E-state index in [1.165, 1.54) is 0 Å². The fraction of sp³-hybridized carbons (Fsp3) is 0.462. The van der Waals surface area contributed by atoms with Crippen molar-refractivity contribution in [3.63, 3.8) is 0 Å². The van der Waals surface area contributed by atoms with Crippen LogP contribution in [0.3, 0.4) is 0 Å². The molecule has 2 fully saturated rings. The van der Waals surface area contributed by atoms with E-state index in [1.54, 1.807) is 0 Å². The Hall–Kier alpha value is -2.75. The van der Waals surface area contributed by atoms with Crippen LogP contribution in [0, 0.1) is 11.3 Å². The van der Waals surface area contributed by atoms with E-state index >= 15 is 0 Å². The van der Waals surface area contributed by atoms with Gasteiger partial charge < -0.3 is 20.6 Å². The summed E-state index contributed by atoms with van der Waals surface area (Å²) in [5, 5.41) is 26.3. The first-order chi connectivity index (χ1) is 16.0. The SMILES string of the molecule is N#Cc1ccc(N2CCCC(NC3CCCCC3(Cc3ccc(Cl)cc3)NC(=O)O)C2)cc1. The zero-order valence-corrected chi connectivity index (χ0v) is 19.5. The molecule has 6 nitrogen and oxygen atoms in total. The van der Waals surface area contributed by atoms with Gasteiger partial charge in [0.1, 0.15) is 0 Å². The zero-order chi connectivity index (χ0) is 23.3. The number of carboxylic acid groups (broad SMARTS) is 1. The van der Waals surface area contributed by atoms with Gasteiger partial charge in [-0.1, -0.05) is 36.6 Å². The summed E-state index contributed by atoms with van der Waals surface area (Å²) in [6.07, 6.45) is 5.66. The van der Waals surface area contributed by atoms with Crippen molar-refractivity contribution in [3.8, 4) is 6.07 Å². The molecule has 0 aromatic heterocycles. The van der Waals surface area contributed by atoms with Crippen molar-refractivity contribution in [2.24, 2.45) is 0 Å². The van der Waals surface area contributed by atoms with Crippen LogP contribution < -0.4 is 15.5 Å². The van der Waals surface area contributed by atoms with Gasteiger partial charge in [0.05, 0.1) is 17.2 Å². The number of amides is 1. The number of anilines is 1. The van der Waals surface area contributed by atoms with Crippen molar-refractivity contribution < 1.29 is 9.90 Å². The fourth-order valence-electron chi connectivity index (χ4n) is 5.45. The average molecular weight is 467 g/mol. The van der Waals surface area contributed by atoms with E-state index < -0.39 is 11.6 Å². The standard InChI is InChI=1S/C26H31ClN4O2/c27-21-10-6-19(7-11-21)16-26(30-25(32)33)14-2-1-5-24(26)29-22-4-3-15-31(18-22)23-12-8-20(17-28)9-13-23/h6-13,22,24,29-30H,1-5,14-16,18H2,(H,32,33). The van der Waals surface area contributed by atoms with Crippen LogP contribution in [0.25, 0.3) is 0 Å². The lowest BCUT2D eigenvalue weighted by atomic mass is 9.73. The summed E-state index contributed by atoms with van der Waals surface area (Å²) < 4.78 is 0. The first-order valence-electron chi connectivity index (χ1n) is 11.7. The molecule has 174 valence electrons. The predicted molar refractivity (Wildman–Crippen MR) is 131 cm³/mol. The van der Waals surface area contributed by atoms with Crippen molar-refractivity contribution >= 4 is 23.4 Å². The summed E-state index contributed by atoms with van der Waals surface area (Å²) in [6, 6.07) is 18.0. The number of nitrogens with zero attached hydrogens (tertiary/aromatic N) is 2. The van der Waals surface area contributed by atoms with Gasteiger partial charge in [-0.05, 0) is 74.1 Å². The van der Waals surface area contributed by atoms with Crippen LogP contribution in [-0.2, 0) is 6.42 Å². The van der Waals surface area contributed by atoms with Gasteiger partial charge in [-0.15, -0.1) is 0 Å². The lowest BCUT2D eigenvalue weighted by Gasteiger charge is -2.47. The van der Waals surface area contributed by atoms with Gasteiger partial charge in [0, 0.05) is 35.9 Å². The molecule has 1 aliphatic carbocycles. The van der Waals surface area contributed by atoms with Gasteiger partial charge in [0.2, 0.25) is 0 Å². The highest BCUT2D eigenvalue weighted by Crippen LogP contribution is 2.33. The first-order valence-corrected chi connectivity index (χ1v) is 12.1. The van der Waals surface area contributed by atoms with Crippen molar-refractivity contribution in [1.29, 1.82) is 5.26 Å². The number of rotatable bonds is 6. The molecule has 0 spiro atoms. The largest absolute Gasteiger partial charge is 0.465 e. The molecule has 7 heteroatoms. The summed E-state index contributed by atoms with van der Waals surface area (Å²) in [5.74, 6) is 0. The maximum Gasteiger partial charge on any atom is 0.405 e. The summed E-state index contributed by atoms with van der Waals surface area (Å²) in [5.41, 5.74) is 2.33. The summed E-state index contributed by atoms with van der Waals surface area (Å²) in [7, 11) is 0. The second kappa shape index (κ2) is 10.5. The van der Waals surface area contributed by atoms with Crippen molar-refractivity contribution in [1.82, 2.24) is 10.6 Å². The Morgan fingerprint density at radius 3 is 2.58 bits per heavy atom.